The van der Waals surface area contributed by atoms with Gasteiger partial charge in [-0.1, -0.05) is 13.0 Å². The number of nitrogens with zero attached hydrogens (tertiary/aromatic N) is 1. The summed E-state index contributed by atoms with van der Waals surface area (Å²) in [6.45, 7) is 1.27. The summed E-state index contributed by atoms with van der Waals surface area (Å²) in [6.07, 6.45) is -0.947. The molecule has 0 saturated heterocycles. The summed E-state index contributed by atoms with van der Waals surface area (Å²) in [5, 5.41) is 28.5. The van der Waals surface area contributed by atoms with Gasteiger partial charge in [0.1, 0.15) is 0 Å². The second-order valence-electron chi connectivity index (χ2n) is 3.57. The Morgan fingerprint density at radius 1 is 1.56 bits per heavy atom. The van der Waals surface area contributed by atoms with Gasteiger partial charge >= 0.3 is 11.7 Å². The van der Waals surface area contributed by atoms with E-state index in [1.54, 1.807) is 6.92 Å². The van der Waals surface area contributed by atoms with E-state index in [2.05, 4.69) is 0 Å². The molecule has 0 spiro atoms. The Kier molecular flexibility index (Phi) is 4.61. The summed E-state index contributed by atoms with van der Waals surface area (Å²) >= 11 is 0. The van der Waals surface area contributed by atoms with Crippen LogP contribution in [0.5, 0.6) is 5.75 Å². The van der Waals surface area contributed by atoms with Crippen LogP contribution in [0.3, 0.4) is 0 Å². The average Bonchev–Trinajstić information content (AvgIpc) is 2.35. The van der Waals surface area contributed by atoms with Crippen molar-refractivity contribution in [3.05, 3.63) is 33.9 Å². The lowest BCUT2D eigenvalue weighted by Gasteiger charge is -2.13. The van der Waals surface area contributed by atoms with E-state index in [1.165, 1.54) is 12.1 Å². The van der Waals surface area contributed by atoms with Crippen molar-refractivity contribution in [1.29, 1.82) is 0 Å². The topological polar surface area (TPSA) is 110 Å². The second-order valence-corrected chi connectivity index (χ2v) is 3.57. The number of carboxylic acids is 1. The number of carboxylic acid groups (broad SMARTS) is 1. The molecule has 18 heavy (non-hydrogen) atoms. The lowest BCUT2D eigenvalue weighted by Crippen LogP contribution is -2.26. The average molecular weight is 255 g/mol. The molecule has 7 nitrogen and oxygen atoms in total. The molecule has 0 aromatic heterocycles. The number of aliphatic carboxylic acids is 1. The van der Waals surface area contributed by atoms with Gasteiger partial charge in [-0.15, -0.1) is 0 Å². The Morgan fingerprint density at radius 2 is 2.22 bits per heavy atom. The van der Waals surface area contributed by atoms with Gasteiger partial charge in [-0.2, -0.15) is 0 Å². The molecule has 0 aliphatic heterocycles. The maximum atomic E-state index is 10.8. The molecule has 0 saturated carbocycles. The number of nitro groups is 1. The summed E-state index contributed by atoms with van der Waals surface area (Å²) in [5.41, 5.74) is -0.00123. The third-order valence-electron chi connectivity index (χ3n) is 2.32. The number of aliphatic hydroxyl groups is 1. The van der Waals surface area contributed by atoms with E-state index in [1.807, 2.05) is 0 Å². The Balaban J connectivity index is 3.08. The molecule has 0 aliphatic rings. The second kappa shape index (κ2) is 5.97. The minimum atomic E-state index is -1.18. The number of nitro benzene ring substituents is 1. The zero-order valence-electron chi connectivity index (χ0n) is 9.70. The lowest BCUT2D eigenvalue weighted by atomic mass is 10.2. The van der Waals surface area contributed by atoms with Gasteiger partial charge in [0.15, 0.2) is 11.9 Å². The van der Waals surface area contributed by atoms with Crippen LogP contribution >= 0.6 is 0 Å². The monoisotopic (exact) mass is 255 g/mol. The summed E-state index contributed by atoms with van der Waals surface area (Å²) < 4.78 is 5.09. The third-order valence-corrected chi connectivity index (χ3v) is 2.32. The van der Waals surface area contributed by atoms with Crippen molar-refractivity contribution in [2.75, 3.05) is 0 Å². The molecule has 1 rings (SSSR count). The highest BCUT2D eigenvalue weighted by atomic mass is 16.6. The van der Waals surface area contributed by atoms with Crippen LogP contribution in [-0.2, 0) is 11.4 Å². The maximum absolute atomic E-state index is 10.8. The molecule has 1 atom stereocenters. The molecule has 1 aromatic rings. The van der Waals surface area contributed by atoms with Crippen molar-refractivity contribution in [2.24, 2.45) is 0 Å². The van der Waals surface area contributed by atoms with Gasteiger partial charge in [0.2, 0.25) is 0 Å². The van der Waals surface area contributed by atoms with Gasteiger partial charge in [-0.25, -0.2) is 4.79 Å². The van der Waals surface area contributed by atoms with E-state index in [4.69, 9.17) is 14.9 Å². The quantitative estimate of drug-likeness (QED) is 0.586. The highest BCUT2D eigenvalue weighted by molar-refractivity contribution is 5.73. The molecule has 0 bridgehead atoms. The van der Waals surface area contributed by atoms with Crippen molar-refractivity contribution in [1.82, 2.24) is 0 Å². The molecular formula is C11H13NO6. The van der Waals surface area contributed by atoms with E-state index in [9.17, 15) is 14.9 Å². The first-order valence-corrected chi connectivity index (χ1v) is 5.27. The first-order chi connectivity index (χ1) is 8.49. The molecule has 98 valence electrons. The molecule has 0 heterocycles. The van der Waals surface area contributed by atoms with Crippen LogP contribution in [0.1, 0.15) is 18.9 Å². The molecule has 1 unspecified atom stereocenters. The Bertz CT molecular complexity index is 459. The van der Waals surface area contributed by atoms with Crippen molar-refractivity contribution in [3.8, 4) is 5.75 Å². The van der Waals surface area contributed by atoms with Crippen LogP contribution in [0.2, 0.25) is 0 Å². The zero-order chi connectivity index (χ0) is 13.7. The SMILES string of the molecule is CCC(Oc1ccc(CO)cc1[N+](=O)[O-])C(=O)O. The van der Waals surface area contributed by atoms with Crippen molar-refractivity contribution in [3.63, 3.8) is 0 Å². The smallest absolute Gasteiger partial charge is 0.344 e. The standard InChI is InChI=1S/C11H13NO6/c1-2-9(11(14)15)18-10-4-3-7(6-13)5-8(10)12(16)17/h3-5,9,13H,2,6H2,1H3,(H,14,15). The fourth-order valence-corrected chi connectivity index (χ4v) is 1.37. The summed E-state index contributed by atoms with van der Waals surface area (Å²) in [4.78, 5) is 21.0. The van der Waals surface area contributed by atoms with Crippen molar-refractivity contribution < 1.29 is 24.7 Å². The fraction of sp³-hybridized carbons (Fsp3) is 0.364. The third kappa shape index (κ3) is 3.17. The van der Waals surface area contributed by atoms with E-state index >= 15 is 0 Å². The highest BCUT2D eigenvalue weighted by Gasteiger charge is 2.23. The van der Waals surface area contributed by atoms with Crippen molar-refractivity contribution >= 4 is 11.7 Å². The Labute approximate surface area is 103 Å². The van der Waals surface area contributed by atoms with Crippen LogP contribution in [0, 0.1) is 10.1 Å². The number of rotatable bonds is 6. The molecule has 0 radical (unpaired) electrons. The summed E-state index contributed by atoms with van der Waals surface area (Å²) in [6, 6.07) is 3.89. The normalized spacial score (nSPS) is 11.9. The first-order valence-electron chi connectivity index (χ1n) is 5.27. The predicted octanol–water partition coefficient (Wildman–Crippen LogP) is 1.33. The van der Waals surface area contributed by atoms with Crippen LogP contribution in [-0.4, -0.2) is 27.2 Å². The number of ether oxygens (including phenoxy) is 1. The number of benzene rings is 1. The number of hydrogen-bond donors (Lipinski definition) is 2. The highest BCUT2D eigenvalue weighted by Crippen LogP contribution is 2.29. The Hall–Kier alpha value is -2.15. The van der Waals surface area contributed by atoms with Gasteiger partial charge < -0.3 is 14.9 Å². The summed E-state index contributed by atoms with van der Waals surface area (Å²) in [5.74, 6) is -1.30. The van der Waals surface area contributed by atoms with Gasteiger partial charge in [-0.3, -0.25) is 10.1 Å². The maximum Gasteiger partial charge on any atom is 0.344 e. The number of carbonyl (C=O) groups is 1. The molecule has 0 aliphatic carbocycles. The van der Waals surface area contributed by atoms with Crippen molar-refractivity contribution in [2.45, 2.75) is 26.1 Å². The summed E-state index contributed by atoms with van der Waals surface area (Å²) in [7, 11) is 0. The van der Waals surface area contributed by atoms with E-state index in [0.29, 0.717) is 5.56 Å². The van der Waals surface area contributed by atoms with Gasteiger partial charge in [0.25, 0.3) is 0 Å². The van der Waals surface area contributed by atoms with Gasteiger partial charge in [0.05, 0.1) is 11.5 Å². The molecule has 1 aromatic carbocycles. The molecular weight excluding hydrogens is 242 g/mol. The van der Waals surface area contributed by atoms with Crippen LogP contribution in [0.4, 0.5) is 5.69 Å². The van der Waals surface area contributed by atoms with Gasteiger partial charge in [-0.05, 0) is 18.1 Å². The van der Waals surface area contributed by atoms with Gasteiger partial charge in [0, 0.05) is 6.07 Å². The molecule has 7 heteroatoms. The van der Waals surface area contributed by atoms with Crippen LogP contribution < -0.4 is 4.74 Å². The number of aliphatic hydroxyl groups excluding tert-OH is 1. The lowest BCUT2D eigenvalue weighted by molar-refractivity contribution is -0.386. The van der Waals surface area contributed by atoms with E-state index in [-0.39, 0.29) is 24.5 Å². The van der Waals surface area contributed by atoms with E-state index in [0.717, 1.165) is 6.07 Å². The largest absolute Gasteiger partial charge is 0.479 e. The molecule has 0 amide bonds. The first kappa shape index (κ1) is 13.9. The minimum absolute atomic E-state index is 0.119. The number of hydrogen-bond acceptors (Lipinski definition) is 5. The molecule has 0 fully saturated rings. The minimum Gasteiger partial charge on any atom is -0.479 e. The predicted molar refractivity (Wildman–Crippen MR) is 61.4 cm³/mol. The zero-order valence-corrected chi connectivity index (χ0v) is 9.70. The van der Waals surface area contributed by atoms with Crippen LogP contribution in [0.25, 0.3) is 0 Å². The van der Waals surface area contributed by atoms with Crippen LogP contribution in [0.15, 0.2) is 18.2 Å². The Morgan fingerprint density at radius 3 is 2.67 bits per heavy atom. The molecule has 2 N–H and O–H groups in total. The fourth-order valence-electron chi connectivity index (χ4n) is 1.37. The van der Waals surface area contributed by atoms with E-state index < -0.39 is 17.0 Å².